The molecule has 1 fully saturated rings. The Balaban J connectivity index is 2.95. The summed E-state index contributed by atoms with van der Waals surface area (Å²) in [7, 11) is 1.52. The molecule has 27 heavy (non-hydrogen) atoms. The second-order valence-electron chi connectivity index (χ2n) is 6.25. The molecule has 0 aliphatic carbocycles. The van der Waals surface area contributed by atoms with Crippen LogP contribution in [0.5, 0.6) is 0 Å². The van der Waals surface area contributed by atoms with Crippen molar-refractivity contribution in [2.24, 2.45) is 5.11 Å². The van der Waals surface area contributed by atoms with Crippen molar-refractivity contribution in [3.8, 4) is 0 Å². The molecular formula is C15H27N7O5. The highest BCUT2D eigenvalue weighted by molar-refractivity contribution is 5.81. The fourth-order valence-corrected chi connectivity index (χ4v) is 3.04. The number of carbonyl (C=O) groups is 3. The van der Waals surface area contributed by atoms with Gasteiger partial charge < -0.3 is 15.5 Å². The Hall–Kier alpha value is -2.40. The van der Waals surface area contributed by atoms with Crippen molar-refractivity contribution in [3.05, 3.63) is 10.4 Å². The van der Waals surface area contributed by atoms with E-state index in [0.717, 1.165) is 0 Å². The number of likely N-dealkylation sites (N-methyl/N-ethyl adjacent to an activating group) is 1. The smallest absolute Gasteiger partial charge is 0.317 e. The van der Waals surface area contributed by atoms with Crippen LogP contribution in [0.3, 0.4) is 0 Å². The first-order chi connectivity index (χ1) is 12.9. The summed E-state index contributed by atoms with van der Waals surface area (Å²) in [6.45, 7) is 2.46. The molecule has 1 rings (SSSR count). The number of carbonyl (C=O) groups excluding carboxylic acids is 1. The highest BCUT2D eigenvalue weighted by Crippen LogP contribution is 2.09. The summed E-state index contributed by atoms with van der Waals surface area (Å²) in [6.07, 6.45) is 0.321. The summed E-state index contributed by atoms with van der Waals surface area (Å²) in [4.78, 5) is 42.5. The zero-order valence-corrected chi connectivity index (χ0v) is 15.5. The second kappa shape index (κ2) is 12.1. The van der Waals surface area contributed by atoms with Crippen LogP contribution >= 0.6 is 0 Å². The quantitative estimate of drug-likeness (QED) is 0.256. The van der Waals surface area contributed by atoms with Crippen LogP contribution in [0.4, 0.5) is 0 Å². The van der Waals surface area contributed by atoms with Gasteiger partial charge in [-0.05, 0) is 12.0 Å². The van der Waals surface area contributed by atoms with Crippen LogP contribution in [0, 0.1) is 0 Å². The lowest BCUT2D eigenvalue weighted by molar-refractivity contribution is -0.140. The minimum absolute atomic E-state index is 0.155. The van der Waals surface area contributed by atoms with Crippen molar-refractivity contribution < 1.29 is 24.6 Å². The highest BCUT2D eigenvalue weighted by Gasteiger charge is 2.27. The van der Waals surface area contributed by atoms with Gasteiger partial charge in [-0.15, -0.1) is 0 Å². The van der Waals surface area contributed by atoms with Crippen LogP contribution < -0.4 is 5.32 Å². The van der Waals surface area contributed by atoms with Crippen LogP contribution in [-0.4, -0.2) is 115 Å². The number of carboxylic acid groups (broad SMARTS) is 2. The van der Waals surface area contributed by atoms with Crippen molar-refractivity contribution in [3.63, 3.8) is 0 Å². The van der Waals surface area contributed by atoms with E-state index in [9.17, 15) is 14.4 Å². The third-order valence-electron chi connectivity index (χ3n) is 4.41. The van der Waals surface area contributed by atoms with E-state index in [0.29, 0.717) is 45.7 Å². The molecule has 1 amide bonds. The van der Waals surface area contributed by atoms with Crippen LogP contribution in [0.15, 0.2) is 5.11 Å². The van der Waals surface area contributed by atoms with E-state index in [1.807, 2.05) is 4.90 Å². The van der Waals surface area contributed by atoms with Gasteiger partial charge in [0.2, 0.25) is 5.91 Å². The molecule has 1 aliphatic heterocycles. The molecule has 0 aromatic carbocycles. The maximum atomic E-state index is 12.3. The number of nitrogens with one attached hydrogen (secondary N) is 1. The summed E-state index contributed by atoms with van der Waals surface area (Å²) in [6, 6.07) is -0.544. The van der Waals surface area contributed by atoms with Gasteiger partial charge in [0.1, 0.15) is 0 Å². The molecule has 3 N–H and O–H groups in total. The molecule has 1 unspecified atom stereocenters. The lowest BCUT2D eigenvalue weighted by atomic mass is 10.1. The molecule has 152 valence electrons. The molecule has 1 atom stereocenters. The van der Waals surface area contributed by atoms with Gasteiger partial charge in [0.25, 0.3) is 0 Å². The van der Waals surface area contributed by atoms with E-state index < -0.39 is 18.0 Å². The van der Waals surface area contributed by atoms with Crippen molar-refractivity contribution >= 4 is 17.8 Å². The zero-order valence-electron chi connectivity index (χ0n) is 15.5. The van der Waals surface area contributed by atoms with Crippen molar-refractivity contribution in [1.29, 1.82) is 0 Å². The summed E-state index contributed by atoms with van der Waals surface area (Å²) in [5.41, 5.74) is 8.46. The third-order valence-corrected chi connectivity index (χ3v) is 4.41. The van der Waals surface area contributed by atoms with Gasteiger partial charge in [-0.1, -0.05) is 5.11 Å². The molecule has 12 nitrogen and oxygen atoms in total. The number of carboxylic acids is 2. The highest BCUT2D eigenvalue weighted by atomic mass is 16.4. The number of hydrogen-bond acceptors (Lipinski definition) is 7. The van der Waals surface area contributed by atoms with E-state index in [1.165, 1.54) is 7.05 Å². The van der Waals surface area contributed by atoms with E-state index in [1.54, 1.807) is 9.80 Å². The van der Waals surface area contributed by atoms with E-state index >= 15 is 0 Å². The standard InChI is InChI=1S/C15H27N7O5/c1-17-15(27)12(2-3-18-19-16)22-8-6-20(10-13(23)24)4-5-21(7-9-22)11-14(25)26/h12H,2-11H2,1H3,(H,17,27)(H,23,24)(H,25,26). The molecule has 1 heterocycles. The minimum Gasteiger partial charge on any atom is -0.480 e. The number of amides is 1. The van der Waals surface area contributed by atoms with E-state index in [4.69, 9.17) is 15.7 Å². The molecule has 12 heteroatoms. The van der Waals surface area contributed by atoms with E-state index in [2.05, 4.69) is 15.3 Å². The Labute approximate surface area is 157 Å². The fraction of sp³-hybridized carbons (Fsp3) is 0.800. The molecule has 0 saturated carbocycles. The summed E-state index contributed by atoms with van der Waals surface area (Å²) >= 11 is 0. The number of rotatable bonds is 9. The molecule has 0 radical (unpaired) electrons. The monoisotopic (exact) mass is 385 g/mol. The van der Waals surface area contributed by atoms with Gasteiger partial charge in [-0.3, -0.25) is 29.1 Å². The first-order valence-electron chi connectivity index (χ1n) is 8.72. The third kappa shape index (κ3) is 8.69. The lowest BCUT2D eigenvalue weighted by Gasteiger charge is -2.31. The van der Waals surface area contributed by atoms with Gasteiger partial charge in [0.05, 0.1) is 19.1 Å². The Kier molecular flexibility index (Phi) is 10.1. The Morgan fingerprint density at radius 1 is 1.04 bits per heavy atom. The molecule has 0 spiro atoms. The van der Waals surface area contributed by atoms with Gasteiger partial charge in [0, 0.05) is 57.8 Å². The van der Waals surface area contributed by atoms with Crippen molar-refractivity contribution in [1.82, 2.24) is 20.0 Å². The SMILES string of the molecule is CNC(=O)C(CCN=[N+]=[N-])N1CCN(CC(=O)O)CCN(CC(=O)O)CC1. The largest absolute Gasteiger partial charge is 0.480 e. The summed E-state index contributed by atoms with van der Waals surface area (Å²) in [5.74, 6) is -2.15. The zero-order chi connectivity index (χ0) is 20.2. The minimum atomic E-state index is -0.961. The van der Waals surface area contributed by atoms with Crippen LogP contribution in [0.1, 0.15) is 6.42 Å². The van der Waals surface area contributed by atoms with Gasteiger partial charge in [-0.2, -0.15) is 0 Å². The summed E-state index contributed by atoms with van der Waals surface area (Å²) in [5, 5.41) is 24.2. The fourth-order valence-electron chi connectivity index (χ4n) is 3.04. The molecule has 0 bridgehead atoms. The van der Waals surface area contributed by atoms with Gasteiger partial charge in [-0.25, -0.2) is 0 Å². The van der Waals surface area contributed by atoms with Crippen molar-refractivity contribution in [2.45, 2.75) is 12.5 Å². The average molecular weight is 385 g/mol. The van der Waals surface area contributed by atoms with Gasteiger partial charge >= 0.3 is 11.9 Å². The second-order valence-corrected chi connectivity index (χ2v) is 6.25. The maximum Gasteiger partial charge on any atom is 0.317 e. The lowest BCUT2D eigenvalue weighted by Crippen LogP contribution is -2.50. The molecule has 1 aliphatic rings. The average Bonchev–Trinajstić information content (AvgIpc) is 2.69. The molecule has 0 aromatic heterocycles. The molecule has 1 saturated heterocycles. The molecule has 0 aromatic rings. The van der Waals surface area contributed by atoms with Gasteiger partial charge in [0.15, 0.2) is 0 Å². The number of aliphatic carboxylic acids is 2. The van der Waals surface area contributed by atoms with Crippen LogP contribution in [0.25, 0.3) is 10.4 Å². The number of nitrogens with zero attached hydrogens (tertiary/aromatic N) is 6. The first kappa shape index (κ1) is 22.6. The predicted octanol–water partition coefficient (Wildman–Crippen LogP) is -1.11. The van der Waals surface area contributed by atoms with Crippen molar-refractivity contribution in [2.75, 3.05) is 66.0 Å². The Morgan fingerprint density at radius 2 is 1.52 bits per heavy atom. The van der Waals surface area contributed by atoms with E-state index in [-0.39, 0.29) is 25.5 Å². The van der Waals surface area contributed by atoms with Crippen LogP contribution in [0.2, 0.25) is 0 Å². The molecular weight excluding hydrogens is 358 g/mol. The number of azide groups is 1. The maximum absolute atomic E-state index is 12.3. The summed E-state index contributed by atoms with van der Waals surface area (Å²) < 4.78 is 0. The predicted molar refractivity (Wildman–Crippen MR) is 96.2 cm³/mol. The Morgan fingerprint density at radius 3 is 1.93 bits per heavy atom. The Bertz CT molecular complexity index is 539. The first-order valence-corrected chi connectivity index (χ1v) is 8.72. The topological polar surface area (TPSA) is 162 Å². The normalized spacial score (nSPS) is 18.4. The number of hydrogen-bond donors (Lipinski definition) is 3. The van der Waals surface area contributed by atoms with Crippen LogP contribution in [-0.2, 0) is 14.4 Å².